The summed E-state index contributed by atoms with van der Waals surface area (Å²) in [4.78, 5) is 12.3. The van der Waals surface area contributed by atoms with E-state index in [1.54, 1.807) is 12.1 Å². The molecule has 1 saturated carbocycles. The lowest BCUT2D eigenvalue weighted by Gasteiger charge is -2.29. The van der Waals surface area contributed by atoms with Crippen LogP contribution in [0.3, 0.4) is 0 Å². The van der Waals surface area contributed by atoms with Gasteiger partial charge in [-0.15, -0.1) is 0 Å². The van der Waals surface area contributed by atoms with E-state index >= 15 is 0 Å². The fraction of sp³-hybridized carbons (Fsp3) is 0.440. The largest absolute Gasteiger partial charge is 0.420 e. The van der Waals surface area contributed by atoms with E-state index in [0.717, 1.165) is 56.4 Å². The summed E-state index contributed by atoms with van der Waals surface area (Å²) in [6.07, 6.45) is 8.00. The van der Waals surface area contributed by atoms with E-state index in [0.29, 0.717) is 12.0 Å². The molecule has 0 amide bonds. The van der Waals surface area contributed by atoms with Crippen LogP contribution in [0.25, 0.3) is 0 Å². The van der Waals surface area contributed by atoms with Gasteiger partial charge in [-0.25, -0.2) is 9.18 Å². The molecule has 1 aliphatic carbocycles. The van der Waals surface area contributed by atoms with Gasteiger partial charge in [0.05, 0.1) is 17.2 Å². The van der Waals surface area contributed by atoms with Crippen molar-refractivity contribution < 1.29 is 23.0 Å². The summed E-state index contributed by atoms with van der Waals surface area (Å²) in [5.41, 5.74) is 0.958. The number of hydrogen-bond donors (Lipinski definition) is 0. The van der Waals surface area contributed by atoms with Crippen LogP contribution in [0.1, 0.15) is 79.3 Å². The molecule has 4 nitrogen and oxygen atoms in total. The third-order valence-electron chi connectivity index (χ3n) is 5.76. The van der Waals surface area contributed by atoms with Crippen LogP contribution in [0, 0.1) is 23.0 Å². The van der Waals surface area contributed by atoms with Crippen LogP contribution in [-0.4, -0.2) is 18.7 Å². The average molecular weight is 427 g/mol. The molecule has 2 aromatic rings. The van der Waals surface area contributed by atoms with E-state index in [4.69, 9.17) is 14.7 Å². The first kappa shape index (κ1) is 22.9. The molecule has 3 rings (SSSR count). The minimum atomic E-state index is -1.35. The van der Waals surface area contributed by atoms with Gasteiger partial charge < -0.3 is 9.47 Å². The van der Waals surface area contributed by atoms with Crippen LogP contribution in [0.15, 0.2) is 36.4 Å². The van der Waals surface area contributed by atoms with E-state index in [1.807, 2.05) is 12.1 Å². The van der Waals surface area contributed by atoms with Crippen molar-refractivity contribution in [1.82, 2.24) is 0 Å². The van der Waals surface area contributed by atoms with Gasteiger partial charge in [0.1, 0.15) is 6.07 Å². The van der Waals surface area contributed by atoms with Gasteiger partial charge in [0.25, 0.3) is 0 Å². The van der Waals surface area contributed by atoms with Crippen LogP contribution in [0.2, 0.25) is 0 Å². The Morgan fingerprint density at radius 3 is 2.39 bits per heavy atom. The Morgan fingerprint density at radius 1 is 1.03 bits per heavy atom. The van der Waals surface area contributed by atoms with Gasteiger partial charge >= 0.3 is 5.97 Å². The summed E-state index contributed by atoms with van der Waals surface area (Å²) in [7, 11) is 0. The molecule has 0 N–H and O–H groups in total. The number of rotatable bonds is 8. The second-order valence-corrected chi connectivity index (χ2v) is 7.91. The van der Waals surface area contributed by atoms with Crippen LogP contribution < -0.4 is 4.74 Å². The molecular formula is C25H27F2NO3. The third-order valence-corrected chi connectivity index (χ3v) is 5.76. The molecule has 0 atom stereocenters. The molecule has 0 bridgehead atoms. The molecule has 2 aromatic carbocycles. The number of benzene rings is 2. The van der Waals surface area contributed by atoms with E-state index < -0.39 is 28.9 Å². The Morgan fingerprint density at radius 2 is 1.74 bits per heavy atom. The van der Waals surface area contributed by atoms with Crippen molar-refractivity contribution in [2.75, 3.05) is 6.61 Å². The predicted octanol–water partition coefficient (Wildman–Crippen LogP) is 6.29. The van der Waals surface area contributed by atoms with Crippen molar-refractivity contribution >= 4 is 5.97 Å². The zero-order valence-electron chi connectivity index (χ0n) is 17.7. The highest BCUT2D eigenvalue weighted by atomic mass is 19.2. The number of esters is 1. The molecule has 164 valence electrons. The van der Waals surface area contributed by atoms with Gasteiger partial charge in [-0.2, -0.15) is 9.65 Å². The number of carbonyl (C=O) groups excluding carboxylic acids is 1. The maximum absolute atomic E-state index is 14.0. The monoisotopic (exact) mass is 427 g/mol. The highest BCUT2D eigenvalue weighted by Crippen LogP contribution is 2.34. The smallest absolute Gasteiger partial charge is 0.343 e. The third kappa shape index (κ3) is 5.89. The van der Waals surface area contributed by atoms with Crippen molar-refractivity contribution in [3.05, 3.63) is 64.7 Å². The number of nitriles is 1. The lowest BCUT2D eigenvalue weighted by atomic mass is 9.82. The maximum atomic E-state index is 14.0. The minimum absolute atomic E-state index is 0.251. The van der Waals surface area contributed by atoms with Crippen molar-refractivity contribution in [3.8, 4) is 11.8 Å². The summed E-state index contributed by atoms with van der Waals surface area (Å²) in [5, 5.41) is 8.73. The first-order valence-electron chi connectivity index (χ1n) is 10.8. The molecule has 0 saturated heterocycles. The van der Waals surface area contributed by atoms with Gasteiger partial charge in [0.15, 0.2) is 11.6 Å². The van der Waals surface area contributed by atoms with Gasteiger partial charge in [0, 0.05) is 6.61 Å². The molecule has 0 aromatic heterocycles. The fourth-order valence-corrected chi connectivity index (χ4v) is 3.91. The van der Waals surface area contributed by atoms with Gasteiger partial charge in [-0.3, -0.25) is 0 Å². The number of nitrogens with zero attached hydrogens (tertiary/aromatic N) is 1. The topological polar surface area (TPSA) is 59.3 Å². The molecule has 0 unspecified atom stereocenters. The molecule has 1 fully saturated rings. The number of hydrogen-bond acceptors (Lipinski definition) is 4. The summed E-state index contributed by atoms with van der Waals surface area (Å²) >= 11 is 0. The predicted molar refractivity (Wildman–Crippen MR) is 113 cm³/mol. The normalized spacial score (nSPS) is 18.4. The Kier molecular flexibility index (Phi) is 8.13. The zero-order chi connectivity index (χ0) is 22.2. The van der Waals surface area contributed by atoms with Crippen molar-refractivity contribution in [3.63, 3.8) is 0 Å². The molecule has 0 radical (unpaired) electrons. The van der Waals surface area contributed by atoms with Crippen LogP contribution >= 0.6 is 0 Å². The summed E-state index contributed by atoms with van der Waals surface area (Å²) in [6, 6.07) is 10.8. The van der Waals surface area contributed by atoms with E-state index in [2.05, 4.69) is 6.92 Å². The Hall–Kier alpha value is -2.78. The minimum Gasteiger partial charge on any atom is -0.420 e. The van der Waals surface area contributed by atoms with Gasteiger partial charge in [0.2, 0.25) is 5.82 Å². The standard InChI is InChI=1S/C25H27F2NO3/c1-2-3-4-15-30-21-12-9-18(10-13-21)17-5-7-19(8-6-17)25(29)31-22-14-11-20(16-28)23(26)24(22)27/h5-8,11,14,18,21H,2-4,9-10,12-13,15H2,1H3/t18-,21-. The first-order valence-corrected chi connectivity index (χ1v) is 10.8. The molecule has 0 heterocycles. The van der Waals surface area contributed by atoms with E-state index in [9.17, 15) is 13.6 Å². The highest BCUT2D eigenvalue weighted by molar-refractivity contribution is 5.91. The number of ether oxygens (including phenoxy) is 2. The van der Waals surface area contributed by atoms with Crippen molar-refractivity contribution in [2.24, 2.45) is 0 Å². The lowest BCUT2D eigenvalue weighted by molar-refractivity contribution is 0.0227. The van der Waals surface area contributed by atoms with Gasteiger partial charge in [-0.05, 0) is 67.9 Å². The molecule has 0 spiro atoms. The van der Waals surface area contributed by atoms with Crippen LogP contribution in [-0.2, 0) is 4.74 Å². The van der Waals surface area contributed by atoms with Crippen molar-refractivity contribution in [1.29, 1.82) is 5.26 Å². The van der Waals surface area contributed by atoms with E-state index in [-0.39, 0.29) is 5.56 Å². The molecule has 0 aliphatic heterocycles. The van der Waals surface area contributed by atoms with E-state index in [1.165, 1.54) is 18.9 Å². The zero-order valence-corrected chi connectivity index (χ0v) is 17.7. The number of carbonyl (C=O) groups is 1. The quantitative estimate of drug-likeness (QED) is 0.282. The van der Waals surface area contributed by atoms with Gasteiger partial charge in [-0.1, -0.05) is 31.9 Å². The molecule has 31 heavy (non-hydrogen) atoms. The number of halogens is 2. The summed E-state index contributed by atoms with van der Waals surface area (Å²) in [6.45, 7) is 3.02. The highest BCUT2D eigenvalue weighted by Gasteiger charge is 2.23. The van der Waals surface area contributed by atoms with Crippen LogP contribution in [0.4, 0.5) is 8.78 Å². The van der Waals surface area contributed by atoms with Crippen LogP contribution in [0.5, 0.6) is 5.75 Å². The molecule has 1 aliphatic rings. The molecular weight excluding hydrogens is 400 g/mol. The number of unbranched alkanes of at least 4 members (excludes halogenated alkanes) is 2. The lowest BCUT2D eigenvalue weighted by Crippen LogP contribution is -2.21. The Balaban J connectivity index is 1.54. The second kappa shape index (κ2) is 11.0. The Labute approximate surface area is 181 Å². The maximum Gasteiger partial charge on any atom is 0.343 e. The average Bonchev–Trinajstić information content (AvgIpc) is 2.80. The van der Waals surface area contributed by atoms with Crippen molar-refractivity contribution in [2.45, 2.75) is 63.9 Å². The first-order chi connectivity index (χ1) is 15.0. The SMILES string of the molecule is CCCCCO[C@H]1CC[C@H](c2ccc(C(=O)Oc3ccc(C#N)c(F)c3F)cc2)CC1. The summed E-state index contributed by atoms with van der Waals surface area (Å²) in [5.74, 6) is -3.57. The molecule has 6 heteroatoms. The second-order valence-electron chi connectivity index (χ2n) is 7.91. The Bertz CT molecular complexity index is 929. The fourth-order valence-electron chi connectivity index (χ4n) is 3.91. The summed E-state index contributed by atoms with van der Waals surface area (Å²) < 4.78 is 38.6.